The van der Waals surface area contributed by atoms with Gasteiger partial charge in [-0.05, 0) is 66.2 Å². The second-order valence-corrected chi connectivity index (χ2v) is 13.4. The summed E-state index contributed by atoms with van der Waals surface area (Å²) >= 11 is 0. The second-order valence-electron chi connectivity index (χ2n) is 13.4. The lowest BCUT2D eigenvalue weighted by atomic mass is 9.79. The minimum Gasteiger partial charge on any atom is -0.393 e. The first-order valence-corrected chi connectivity index (χ1v) is 14.9. The number of benzene rings is 1. The van der Waals surface area contributed by atoms with Gasteiger partial charge >= 0.3 is 5.97 Å². The summed E-state index contributed by atoms with van der Waals surface area (Å²) in [5, 5.41) is 7.03. The van der Waals surface area contributed by atoms with Crippen LogP contribution in [0.25, 0.3) is 0 Å². The van der Waals surface area contributed by atoms with Crippen LogP contribution < -0.4 is 10.6 Å². The van der Waals surface area contributed by atoms with E-state index in [2.05, 4.69) is 70.4 Å². The van der Waals surface area contributed by atoms with Crippen LogP contribution in [-0.2, 0) is 26.9 Å². The number of nitrogens with one attached hydrogen (secondary N) is 2. The van der Waals surface area contributed by atoms with E-state index in [-0.39, 0.29) is 22.8 Å². The largest absolute Gasteiger partial charge is 0.393 e. The summed E-state index contributed by atoms with van der Waals surface area (Å²) in [6.45, 7) is 15.2. The van der Waals surface area contributed by atoms with E-state index < -0.39 is 0 Å². The van der Waals surface area contributed by atoms with E-state index in [1.165, 1.54) is 55.2 Å². The maximum Gasteiger partial charge on any atom is 0.313 e. The number of carbonyl (C=O) groups excluding carboxylic acids is 1. The number of esters is 1. The number of hydrogen-bond donors (Lipinski definition) is 2. The highest BCUT2D eigenvalue weighted by atomic mass is 16.6. The van der Waals surface area contributed by atoms with Crippen molar-refractivity contribution in [1.29, 1.82) is 0 Å². The quantitative estimate of drug-likeness (QED) is 0.166. The SMILES string of the molecule is CC(C)(C)c1cc(CNCCCC(=O)OC(=NC2CCCCC2)NC2CCCCC2)cc(C(C)(C)C)c1. The molecule has 208 valence electrons. The summed E-state index contributed by atoms with van der Waals surface area (Å²) in [7, 11) is 0. The van der Waals surface area contributed by atoms with Crippen molar-refractivity contribution in [2.75, 3.05) is 6.54 Å². The van der Waals surface area contributed by atoms with Gasteiger partial charge in [-0.15, -0.1) is 0 Å². The highest BCUT2D eigenvalue weighted by Crippen LogP contribution is 2.30. The van der Waals surface area contributed by atoms with E-state index in [0.717, 1.165) is 45.2 Å². The lowest BCUT2D eigenvalue weighted by molar-refractivity contribution is -0.136. The smallest absolute Gasteiger partial charge is 0.313 e. The Kier molecular flexibility index (Phi) is 11.0. The van der Waals surface area contributed by atoms with Crippen LogP contribution in [0.3, 0.4) is 0 Å². The highest BCUT2D eigenvalue weighted by molar-refractivity contribution is 5.87. The Balaban J connectivity index is 1.49. The van der Waals surface area contributed by atoms with Gasteiger partial charge in [-0.2, -0.15) is 0 Å². The van der Waals surface area contributed by atoms with Crippen LogP contribution in [0.1, 0.15) is 135 Å². The number of carbonyl (C=O) groups is 1. The summed E-state index contributed by atoms with van der Waals surface area (Å²) in [5.41, 5.74) is 4.27. The number of ether oxygens (including phenoxy) is 1. The molecule has 0 atom stereocenters. The molecule has 1 aromatic rings. The lowest BCUT2D eigenvalue weighted by Gasteiger charge is -2.26. The summed E-state index contributed by atoms with van der Waals surface area (Å²) in [5.74, 6) is -0.176. The first-order chi connectivity index (χ1) is 17.5. The molecule has 0 unspecified atom stereocenters. The molecule has 0 radical (unpaired) electrons. The molecule has 2 aliphatic carbocycles. The van der Waals surface area contributed by atoms with E-state index in [4.69, 9.17) is 9.73 Å². The Morgan fingerprint density at radius 1 is 0.865 bits per heavy atom. The average molecular weight is 512 g/mol. The van der Waals surface area contributed by atoms with E-state index in [0.29, 0.717) is 18.5 Å². The van der Waals surface area contributed by atoms with E-state index in [1.54, 1.807) is 0 Å². The minimum absolute atomic E-state index is 0.113. The molecule has 2 fully saturated rings. The van der Waals surface area contributed by atoms with Gasteiger partial charge in [-0.25, -0.2) is 4.99 Å². The molecule has 0 spiro atoms. The van der Waals surface area contributed by atoms with Crippen LogP contribution in [0, 0.1) is 0 Å². The fourth-order valence-electron chi connectivity index (χ4n) is 5.30. The zero-order valence-electron chi connectivity index (χ0n) is 24.5. The molecule has 0 bridgehead atoms. The molecule has 0 heterocycles. The van der Waals surface area contributed by atoms with Gasteiger partial charge in [0.1, 0.15) is 0 Å². The van der Waals surface area contributed by atoms with Gasteiger partial charge in [0.2, 0.25) is 0 Å². The fourth-order valence-corrected chi connectivity index (χ4v) is 5.30. The Hall–Kier alpha value is -1.88. The Morgan fingerprint density at radius 2 is 1.43 bits per heavy atom. The third-order valence-electron chi connectivity index (χ3n) is 7.81. The van der Waals surface area contributed by atoms with Gasteiger partial charge in [0.05, 0.1) is 6.04 Å². The van der Waals surface area contributed by atoms with E-state index in [1.807, 2.05) is 0 Å². The van der Waals surface area contributed by atoms with Gasteiger partial charge in [-0.1, -0.05) is 98.3 Å². The predicted molar refractivity (Wildman–Crippen MR) is 155 cm³/mol. The van der Waals surface area contributed by atoms with Crippen LogP contribution >= 0.6 is 0 Å². The van der Waals surface area contributed by atoms with Gasteiger partial charge in [0.15, 0.2) is 0 Å². The third-order valence-corrected chi connectivity index (χ3v) is 7.81. The molecule has 5 nitrogen and oxygen atoms in total. The Labute approximate surface area is 226 Å². The molecular formula is C32H53N3O2. The molecule has 0 amide bonds. The monoisotopic (exact) mass is 511 g/mol. The number of rotatable bonds is 8. The standard InChI is InChI=1S/C32H53N3O2/c1-31(2,3)25-20-24(21-26(22-25)32(4,5)6)23-33-19-13-18-29(36)37-30(34-27-14-9-7-10-15-27)35-28-16-11-8-12-17-28/h20-22,27-28,33H,7-19,23H2,1-6H3,(H,34,35). The van der Waals surface area contributed by atoms with Crippen molar-refractivity contribution in [3.63, 3.8) is 0 Å². The van der Waals surface area contributed by atoms with Gasteiger partial charge in [-0.3, -0.25) is 4.79 Å². The summed E-state index contributed by atoms with van der Waals surface area (Å²) in [6.07, 6.45) is 13.2. The summed E-state index contributed by atoms with van der Waals surface area (Å²) in [6, 6.07) is 8.14. The lowest BCUT2D eigenvalue weighted by Crippen LogP contribution is -2.39. The van der Waals surface area contributed by atoms with Crippen LogP contribution in [-0.4, -0.2) is 30.6 Å². The van der Waals surface area contributed by atoms with Crippen molar-refractivity contribution < 1.29 is 9.53 Å². The van der Waals surface area contributed by atoms with Crippen molar-refractivity contribution in [3.8, 4) is 0 Å². The Bertz CT molecular complexity index is 850. The number of amidine groups is 1. The van der Waals surface area contributed by atoms with Crippen LogP contribution in [0.5, 0.6) is 0 Å². The molecule has 2 aliphatic rings. The van der Waals surface area contributed by atoms with Crippen LogP contribution in [0.15, 0.2) is 23.2 Å². The summed E-state index contributed by atoms with van der Waals surface area (Å²) < 4.78 is 5.80. The van der Waals surface area contributed by atoms with Gasteiger partial charge < -0.3 is 15.4 Å². The van der Waals surface area contributed by atoms with Crippen LogP contribution in [0.4, 0.5) is 0 Å². The number of nitrogens with zero attached hydrogens (tertiary/aromatic N) is 1. The molecule has 0 saturated heterocycles. The minimum atomic E-state index is -0.176. The number of hydrogen-bond acceptors (Lipinski definition) is 4. The Morgan fingerprint density at radius 3 is 2.00 bits per heavy atom. The van der Waals surface area contributed by atoms with Crippen LogP contribution in [0.2, 0.25) is 0 Å². The van der Waals surface area contributed by atoms with Crippen molar-refractivity contribution in [2.24, 2.45) is 4.99 Å². The highest BCUT2D eigenvalue weighted by Gasteiger charge is 2.22. The van der Waals surface area contributed by atoms with Crippen molar-refractivity contribution in [1.82, 2.24) is 10.6 Å². The van der Waals surface area contributed by atoms with Gasteiger partial charge in [0.25, 0.3) is 6.02 Å². The molecule has 0 aromatic heterocycles. The molecule has 37 heavy (non-hydrogen) atoms. The zero-order chi connectivity index (χ0) is 26.9. The van der Waals surface area contributed by atoms with Crippen molar-refractivity contribution >= 4 is 12.0 Å². The predicted octanol–water partition coefficient (Wildman–Crippen LogP) is 7.31. The molecule has 5 heteroatoms. The first-order valence-electron chi connectivity index (χ1n) is 14.9. The van der Waals surface area contributed by atoms with Gasteiger partial charge in [0, 0.05) is 19.0 Å². The average Bonchev–Trinajstić information content (AvgIpc) is 2.84. The molecule has 1 aromatic carbocycles. The second kappa shape index (κ2) is 13.8. The van der Waals surface area contributed by atoms with Crippen molar-refractivity contribution in [3.05, 3.63) is 34.9 Å². The number of aliphatic imine (C=N–C) groups is 1. The maximum atomic E-state index is 12.7. The topological polar surface area (TPSA) is 62.7 Å². The van der Waals surface area contributed by atoms with E-state index in [9.17, 15) is 4.79 Å². The molecule has 0 aliphatic heterocycles. The van der Waals surface area contributed by atoms with E-state index >= 15 is 0 Å². The molecule has 3 rings (SSSR count). The zero-order valence-corrected chi connectivity index (χ0v) is 24.5. The van der Waals surface area contributed by atoms with Crippen molar-refractivity contribution in [2.45, 2.75) is 148 Å². The molecule has 2 saturated carbocycles. The molecule has 2 N–H and O–H groups in total. The maximum absolute atomic E-state index is 12.7. The normalized spacial score (nSPS) is 18.6. The first kappa shape index (κ1) is 29.7. The summed E-state index contributed by atoms with van der Waals surface area (Å²) in [4.78, 5) is 17.6. The fraction of sp³-hybridized carbons (Fsp3) is 0.750. The molecular weight excluding hydrogens is 458 g/mol. The third kappa shape index (κ3) is 10.4.